The summed E-state index contributed by atoms with van der Waals surface area (Å²) in [7, 11) is 2.15. The van der Waals surface area contributed by atoms with Crippen molar-refractivity contribution >= 4 is 11.9 Å². The standard InChI is InChI=1S/C27H37N5O2/c1-27(2)15-20-16-28-26(29-21-10-13-34-14-11-21)30-24(20)18-32(27)25(33)22-9-12-31(3)17-23(22)19-7-5-4-6-8-19/h4-8,16,21-23H,9-15,17-18H2,1-3H3,(H,28,29,30)/t22-,23+/m0/s1. The van der Waals surface area contributed by atoms with Gasteiger partial charge in [0, 0.05) is 49.4 Å². The summed E-state index contributed by atoms with van der Waals surface area (Å²) in [6.45, 7) is 8.30. The van der Waals surface area contributed by atoms with Crippen LogP contribution in [-0.2, 0) is 22.5 Å². The molecular weight excluding hydrogens is 426 g/mol. The third-order valence-corrected chi connectivity index (χ3v) is 7.80. The lowest BCUT2D eigenvalue weighted by Crippen LogP contribution is -2.55. The maximum absolute atomic E-state index is 14.1. The van der Waals surface area contributed by atoms with E-state index in [2.05, 4.69) is 65.3 Å². The van der Waals surface area contributed by atoms with E-state index in [-0.39, 0.29) is 23.3 Å². The van der Waals surface area contributed by atoms with E-state index < -0.39 is 0 Å². The Bertz CT molecular complexity index is 1010. The Morgan fingerprint density at radius 2 is 1.91 bits per heavy atom. The van der Waals surface area contributed by atoms with Gasteiger partial charge in [-0.05, 0) is 64.3 Å². The van der Waals surface area contributed by atoms with Crippen LogP contribution in [0.3, 0.4) is 0 Å². The number of likely N-dealkylation sites (tertiary alicyclic amines) is 1. The average molecular weight is 464 g/mol. The van der Waals surface area contributed by atoms with Gasteiger partial charge in [0.25, 0.3) is 0 Å². The highest BCUT2D eigenvalue weighted by Gasteiger charge is 2.43. The molecule has 2 fully saturated rings. The summed E-state index contributed by atoms with van der Waals surface area (Å²) in [5.74, 6) is 1.12. The fourth-order valence-electron chi connectivity index (χ4n) is 5.77. The number of likely N-dealkylation sites (N-methyl/N-ethyl adjacent to an activating group) is 1. The molecule has 3 aliphatic heterocycles. The number of piperidine rings is 1. The Hall–Kier alpha value is -2.51. The Balaban J connectivity index is 1.38. The number of amides is 1. The zero-order valence-corrected chi connectivity index (χ0v) is 20.7. The number of hydrogen-bond donors (Lipinski definition) is 1. The summed E-state index contributed by atoms with van der Waals surface area (Å²) >= 11 is 0. The number of carbonyl (C=O) groups is 1. The van der Waals surface area contributed by atoms with Crippen LogP contribution in [0.5, 0.6) is 0 Å². The predicted molar refractivity (Wildman–Crippen MR) is 133 cm³/mol. The Labute approximate surface area is 202 Å². The first-order valence-electron chi connectivity index (χ1n) is 12.6. The molecule has 1 N–H and O–H groups in total. The fourth-order valence-corrected chi connectivity index (χ4v) is 5.77. The lowest BCUT2D eigenvalue weighted by atomic mass is 9.78. The maximum Gasteiger partial charge on any atom is 0.227 e. The molecule has 0 saturated carbocycles. The minimum atomic E-state index is -0.270. The second-order valence-corrected chi connectivity index (χ2v) is 10.8. The summed E-state index contributed by atoms with van der Waals surface area (Å²) in [4.78, 5) is 28.0. The number of rotatable bonds is 4. The van der Waals surface area contributed by atoms with Crippen LogP contribution in [0, 0.1) is 5.92 Å². The molecule has 2 saturated heterocycles. The van der Waals surface area contributed by atoms with Crippen molar-refractivity contribution in [3.05, 3.63) is 53.3 Å². The quantitative estimate of drug-likeness (QED) is 0.749. The van der Waals surface area contributed by atoms with Crippen LogP contribution in [0.15, 0.2) is 36.5 Å². The highest BCUT2D eigenvalue weighted by Crippen LogP contribution is 2.38. The number of nitrogens with zero attached hydrogens (tertiary/aromatic N) is 4. The van der Waals surface area contributed by atoms with Crippen LogP contribution in [0.2, 0.25) is 0 Å². The van der Waals surface area contributed by atoms with E-state index in [9.17, 15) is 4.79 Å². The van der Waals surface area contributed by atoms with E-state index in [1.54, 1.807) is 0 Å². The van der Waals surface area contributed by atoms with Crippen molar-refractivity contribution in [3.8, 4) is 0 Å². The first-order chi connectivity index (χ1) is 16.4. The van der Waals surface area contributed by atoms with Crippen LogP contribution in [0.1, 0.15) is 55.8 Å². The van der Waals surface area contributed by atoms with E-state index in [0.29, 0.717) is 18.5 Å². The Morgan fingerprint density at radius 3 is 2.68 bits per heavy atom. The molecule has 7 heteroatoms. The van der Waals surface area contributed by atoms with Crippen molar-refractivity contribution in [1.82, 2.24) is 19.8 Å². The Morgan fingerprint density at radius 1 is 1.15 bits per heavy atom. The van der Waals surface area contributed by atoms with Gasteiger partial charge in [-0.2, -0.15) is 0 Å². The summed E-state index contributed by atoms with van der Waals surface area (Å²) in [5, 5.41) is 3.48. The molecule has 1 amide bonds. The minimum absolute atomic E-state index is 0.0129. The van der Waals surface area contributed by atoms with Gasteiger partial charge in [-0.25, -0.2) is 9.97 Å². The third-order valence-electron chi connectivity index (χ3n) is 7.80. The van der Waals surface area contributed by atoms with Gasteiger partial charge in [0.15, 0.2) is 0 Å². The molecule has 1 aromatic carbocycles. The number of carbonyl (C=O) groups excluding carboxylic acids is 1. The monoisotopic (exact) mass is 463 g/mol. The molecule has 3 aliphatic rings. The molecule has 182 valence electrons. The van der Waals surface area contributed by atoms with Crippen molar-refractivity contribution in [2.24, 2.45) is 5.92 Å². The molecule has 4 heterocycles. The van der Waals surface area contributed by atoms with Gasteiger partial charge in [0.05, 0.1) is 12.2 Å². The van der Waals surface area contributed by atoms with Gasteiger partial charge in [0.2, 0.25) is 11.9 Å². The SMILES string of the molecule is CN1CC[C@H](C(=O)N2Cc3nc(NC4CCOCC4)ncc3CC2(C)C)[C@@H](c2ccccc2)C1. The second kappa shape index (κ2) is 9.62. The minimum Gasteiger partial charge on any atom is -0.381 e. The van der Waals surface area contributed by atoms with Crippen LogP contribution in [0.25, 0.3) is 0 Å². The average Bonchev–Trinajstić information content (AvgIpc) is 2.84. The van der Waals surface area contributed by atoms with Gasteiger partial charge in [-0.3, -0.25) is 4.79 Å². The van der Waals surface area contributed by atoms with Gasteiger partial charge in [-0.1, -0.05) is 30.3 Å². The largest absolute Gasteiger partial charge is 0.381 e. The lowest BCUT2D eigenvalue weighted by molar-refractivity contribution is -0.145. The molecule has 0 aliphatic carbocycles. The number of nitrogens with one attached hydrogen (secondary N) is 1. The number of fused-ring (bicyclic) bond motifs is 1. The topological polar surface area (TPSA) is 70.6 Å². The molecule has 1 aromatic heterocycles. The number of anilines is 1. The van der Waals surface area contributed by atoms with Gasteiger partial charge in [0.1, 0.15) is 0 Å². The number of benzene rings is 1. The second-order valence-electron chi connectivity index (χ2n) is 10.8. The smallest absolute Gasteiger partial charge is 0.227 e. The van der Waals surface area contributed by atoms with E-state index in [1.807, 2.05) is 12.3 Å². The Kier molecular flexibility index (Phi) is 6.58. The van der Waals surface area contributed by atoms with E-state index >= 15 is 0 Å². The van der Waals surface area contributed by atoms with Crippen molar-refractivity contribution in [3.63, 3.8) is 0 Å². The summed E-state index contributed by atoms with van der Waals surface area (Å²) < 4.78 is 5.47. The van der Waals surface area contributed by atoms with Crippen molar-refractivity contribution < 1.29 is 9.53 Å². The first kappa shape index (κ1) is 23.2. The first-order valence-corrected chi connectivity index (χ1v) is 12.6. The molecule has 0 bridgehead atoms. The molecule has 7 nitrogen and oxygen atoms in total. The normalized spacial score (nSPS) is 25.6. The van der Waals surface area contributed by atoms with Gasteiger partial charge >= 0.3 is 0 Å². The highest BCUT2D eigenvalue weighted by molar-refractivity contribution is 5.81. The van der Waals surface area contributed by atoms with E-state index in [4.69, 9.17) is 9.72 Å². The maximum atomic E-state index is 14.1. The highest BCUT2D eigenvalue weighted by atomic mass is 16.5. The van der Waals surface area contributed by atoms with E-state index in [0.717, 1.165) is 63.2 Å². The molecule has 0 radical (unpaired) electrons. The van der Waals surface area contributed by atoms with Crippen molar-refractivity contribution in [1.29, 1.82) is 0 Å². The van der Waals surface area contributed by atoms with Crippen LogP contribution in [0.4, 0.5) is 5.95 Å². The van der Waals surface area contributed by atoms with Crippen LogP contribution < -0.4 is 5.32 Å². The lowest BCUT2D eigenvalue weighted by Gasteiger charge is -2.46. The number of hydrogen-bond acceptors (Lipinski definition) is 6. The third kappa shape index (κ3) is 4.82. The summed E-state index contributed by atoms with van der Waals surface area (Å²) in [5.41, 5.74) is 3.11. The molecule has 5 rings (SSSR count). The van der Waals surface area contributed by atoms with Crippen molar-refractivity contribution in [2.75, 3.05) is 38.7 Å². The summed E-state index contributed by atoms with van der Waals surface area (Å²) in [6, 6.07) is 10.9. The van der Waals surface area contributed by atoms with Crippen molar-refractivity contribution in [2.45, 2.75) is 63.6 Å². The number of ether oxygens (including phenoxy) is 1. The van der Waals surface area contributed by atoms with Crippen LogP contribution in [-0.4, -0.2) is 70.6 Å². The molecule has 2 aromatic rings. The number of aromatic nitrogens is 2. The van der Waals surface area contributed by atoms with Gasteiger partial charge < -0.3 is 19.9 Å². The molecular formula is C27H37N5O2. The van der Waals surface area contributed by atoms with Gasteiger partial charge in [-0.15, -0.1) is 0 Å². The molecule has 2 atom stereocenters. The fraction of sp³-hybridized carbons (Fsp3) is 0.593. The predicted octanol–water partition coefficient (Wildman–Crippen LogP) is 3.47. The van der Waals surface area contributed by atoms with E-state index in [1.165, 1.54) is 5.56 Å². The summed E-state index contributed by atoms with van der Waals surface area (Å²) in [6.07, 6.45) is 5.54. The molecule has 0 spiro atoms. The zero-order chi connectivity index (χ0) is 23.7. The zero-order valence-electron chi connectivity index (χ0n) is 20.7. The van der Waals surface area contributed by atoms with Crippen LogP contribution >= 0.6 is 0 Å². The molecule has 0 unspecified atom stereocenters. The molecule has 34 heavy (non-hydrogen) atoms.